The zero-order valence-electron chi connectivity index (χ0n) is 13.8. The standard InChI is InChI=1S/C21H16FNO3/c22-18-8-4-7-17(13-18)21(25)26-14-20(24)23-19-11-9-16(10-12-19)15-5-2-1-3-6-15/h1-13H,14H2,(H,23,24). The minimum absolute atomic E-state index is 0.0602. The lowest BCUT2D eigenvalue weighted by Crippen LogP contribution is -2.20. The van der Waals surface area contributed by atoms with Crippen LogP contribution in [0.4, 0.5) is 10.1 Å². The highest BCUT2D eigenvalue weighted by Gasteiger charge is 2.11. The van der Waals surface area contributed by atoms with Gasteiger partial charge in [0.1, 0.15) is 5.82 Å². The van der Waals surface area contributed by atoms with Crippen molar-refractivity contribution in [3.05, 3.63) is 90.2 Å². The Hall–Kier alpha value is -3.47. The first-order valence-electron chi connectivity index (χ1n) is 8.00. The van der Waals surface area contributed by atoms with Gasteiger partial charge in [0.2, 0.25) is 0 Å². The Kier molecular flexibility index (Phi) is 5.39. The molecule has 0 radical (unpaired) electrons. The van der Waals surface area contributed by atoms with E-state index in [1.54, 1.807) is 12.1 Å². The number of carbonyl (C=O) groups excluding carboxylic acids is 2. The summed E-state index contributed by atoms with van der Waals surface area (Å²) in [6.45, 7) is -0.449. The van der Waals surface area contributed by atoms with Gasteiger partial charge in [-0.2, -0.15) is 0 Å². The first kappa shape index (κ1) is 17.4. The monoisotopic (exact) mass is 349 g/mol. The van der Waals surface area contributed by atoms with Crippen molar-refractivity contribution in [3.8, 4) is 11.1 Å². The summed E-state index contributed by atoms with van der Waals surface area (Å²) in [5, 5.41) is 2.65. The van der Waals surface area contributed by atoms with E-state index in [9.17, 15) is 14.0 Å². The summed E-state index contributed by atoms with van der Waals surface area (Å²) in [5.74, 6) is -1.76. The Morgan fingerprint density at radius 3 is 2.23 bits per heavy atom. The molecule has 0 atom stereocenters. The van der Waals surface area contributed by atoms with Crippen molar-refractivity contribution in [2.24, 2.45) is 0 Å². The first-order valence-corrected chi connectivity index (χ1v) is 8.00. The maximum absolute atomic E-state index is 13.1. The van der Waals surface area contributed by atoms with Crippen molar-refractivity contribution in [1.82, 2.24) is 0 Å². The van der Waals surface area contributed by atoms with Crippen molar-refractivity contribution in [2.45, 2.75) is 0 Å². The number of carbonyl (C=O) groups is 2. The molecule has 0 aliphatic rings. The molecule has 1 N–H and O–H groups in total. The van der Waals surface area contributed by atoms with Gasteiger partial charge >= 0.3 is 5.97 Å². The average Bonchev–Trinajstić information content (AvgIpc) is 2.67. The summed E-state index contributed by atoms with van der Waals surface area (Å²) in [6.07, 6.45) is 0. The molecule has 0 heterocycles. The largest absolute Gasteiger partial charge is 0.452 e. The van der Waals surface area contributed by atoms with Crippen molar-refractivity contribution in [3.63, 3.8) is 0 Å². The highest BCUT2D eigenvalue weighted by molar-refractivity contribution is 5.95. The summed E-state index contributed by atoms with van der Waals surface area (Å²) < 4.78 is 18.0. The van der Waals surface area contributed by atoms with Crippen molar-refractivity contribution in [2.75, 3.05) is 11.9 Å². The van der Waals surface area contributed by atoms with E-state index >= 15 is 0 Å². The number of halogens is 1. The lowest BCUT2D eigenvalue weighted by Gasteiger charge is -2.08. The molecule has 0 unspecified atom stereocenters. The van der Waals surface area contributed by atoms with Gasteiger partial charge in [0.15, 0.2) is 6.61 Å². The molecular formula is C21H16FNO3. The zero-order valence-corrected chi connectivity index (χ0v) is 13.8. The summed E-state index contributed by atoms with van der Waals surface area (Å²) >= 11 is 0. The van der Waals surface area contributed by atoms with Crippen LogP contribution in [0.25, 0.3) is 11.1 Å². The molecule has 0 spiro atoms. The van der Waals surface area contributed by atoms with Gasteiger partial charge in [-0.15, -0.1) is 0 Å². The van der Waals surface area contributed by atoms with Crippen LogP contribution in [0.5, 0.6) is 0 Å². The number of esters is 1. The molecule has 0 aliphatic heterocycles. The quantitative estimate of drug-likeness (QED) is 0.699. The van der Waals surface area contributed by atoms with E-state index in [-0.39, 0.29) is 5.56 Å². The summed E-state index contributed by atoms with van der Waals surface area (Å²) in [6, 6.07) is 22.3. The molecule has 0 bridgehead atoms. The Morgan fingerprint density at radius 1 is 0.846 bits per heavy atom. The Labute approximate surface area is 150 Å². The number of hydrogen-bond acceptors (Lipinski definition) is 3. The fourth-order valence-corrected chi connectivity index (χ4v) is 2.40. The third kappa shape index (κ3) is 4.54. The molecule has 0 saturated carbocycles. The Morgan fingerprint density at radius 2 is 1.54 bits per heavy atom. The Bertz CT molecular complexity index is 908. The van der Waals surface area contributed by atoms with Gasteiger partial charge in [0, 0.05) is 5.69 Å². The van der Waals surface area contributed by atoms with Crippen LogP contribution in [0.1, 0.15) is 10.4 Å². The minimum atomic E-state index is -0.751. The van der Waals surface area contributed by atoms with Crippen LogP contribution >= 0.6 is 0 Å². The zero-order chi connectivity index (χ0) is 18.4. The Balaban J connectivity index is 1.54. The summed E-state index contributed by atoms with van der Waals surface area (Å²) in [7, 11) is 0. The van der Waals surface area contributed by atoms with Crippen LogP contribution in [0, 0.1) is 5.82 Å². The predicted octanol–water partition coefficient (Wildman–Crippen LogP) is 4.29. The summed E-state index contributed by atoms with van der Waals surface area (Å²) in [4.78, 5) is 23.7. The highest BCUT2D eigenvalue weighted by atomic mass is 19.1. The number of nitrogens with one attached hydrogen (secondary N) is 1. The number of amides is 1. The second-order valence-electron chi connectivity index (χ2n) is 5.58. The van der Waals surface area contributed by atoms with Gasteiger partial charge in [-0.3, -0.25) is 4.79 Å². The van der Waals surface area contributed by atoms with Gasteiger partial charge in [-0.25, -0.2) is 9.18 Å². The molecular weight excluding hydrogens is 333 g/mol. The lowest BCUT2D eigenvalue weighted by molar-refractivity contribution is -0.119. The second kappa shape index (κ2) is 8.07. The van der Waals surface area contributed by atoms with E-state index in [0.717, 1.165) is 17.2 Å². The third-order valence-electron chi connectivity index (χ3n) is 3.67. The first-order chi connectivity index (χ1) is 12.6. The molecule has 5 heteroatoms. The van der Waals surface area contributed by atoms with E-state index in [0.29, 0.717) is 5.69 Å². The van der Waals surface area contributed by atoms with E-state index in [1.807, 2.05) is 42.5 Å². The number of benzene rings is 3. The number of hydrogen-bond donors (Lipinski definition) is 1. The highest BCUT2D eigenvalue weighted by Crippen LogP contribution is 2.20. The molecule has 0 saturated heterocycles. The molecule has 26 heavy (non-hydrogen) atoms. The SMILES string of the molecule is O=C(COC(=O)c1cccc(F)c1)Nc1ccc(-c2ccccc2)cc1. The van der Waals surface area contributed by atoms with Gasteiger partial charge in [-0.1, -0.05) is 48.5 Å². The topological polar surface area (TPSA) is 55.4 Å². The van der Waals surface area contributed by atoms with Crippen molar-refractivity contribution in [1.29, 1.82) is 0 Å². The molecule has 130 valence electrons. The number of rotatable bonds is 5. The van der Waals surface area contributed by atoms with Gasteiger partial charge in [-0.05, 0) is 41.5 Å². The fourth-order valence-electron chi connectivity index (χ4n) is 2.40. The smallest absolute Gasteiger partial charge is 0.338 e. The van der Waals surface area contributed by atoms with Crippen LogP contribution in [-0.2, 0) is 9.53 Å². The number of ether oxygens (including phenoxy) is 1. The van der Waals surface area contributed by atoms with Gasteiger partial charge < -0.3 is 10.1 Å². The molecule has 3 rings (SSSR count). The van der Waals surface area contributed by atoms with E-state index < -0.39 is 24.3 Å². The van der Waals surface area contributed by atoms with Crippen LogP contribution < -0.4 is 5.32 Å². The molecule has 0 fully saturated rings. The van der Waals surface area contributed by atoms with Gasteiger partial charge in [0.25, 0.3) is 5.91 Å². The fraction of sp³-hybridized carbons (Fsp3) is 0.0476. The molecule has 3 aromatic carbocycles. The van der Waals surface area contributed by atoms with Gasteiger partial charge in [0.05, 0.1) is 5.56 Å². The predicted molar refractivity (Wildman–Crippen MR) is 97.2 cm³/mol. The molecule has 0 aliphatic carbocycles. The second-order valence-corrected chi connectivity index (χ2v) is 5.58. The maximum atomic E-state index is 13.1. The number of anilines is 1. The third-order valence-corrected chi connectivity index (χ3v) is 3.67. The summed E-state index contributed by atoms with van der Waals surface area (Å²) in [5.41, 5.74) is 2.76. The average molecular weight is 349 g/mol. The van der Waals surface area contributed by atoms with E-state index in [4.69, 9.17) is 4.74 Å². The molecule has 1 amide bonds. The molecule has 3 aromatic rings. The van der Waals surface area contributed by atoms with Crippen LogP contribution in [-0.4, -0.2) is 18.5 Å². The van der Waals surface area contributed by atoms with E-state index in [2.05, 4.69) is 5.32 Å². The van der Waals surface area contributed by atoms with Crippen LogP contribution in [0.3, 0.4) is 0 Å². The molecule has 4 nitrogen and oxygen atoms in total. The van der Waals surface area contributed by atoms with Crippen molar-refractivity contribution >= 4 is 17.6 Å². The maximum Gasteiger partial charge on any atom is 0.338 e. The van der Waals surface area contributed by atoms with E-state index in [1.165, 1.54) is 18.2 Å². The van der Waals surface area contributed by atoms with Crippen LogP contribution in [0.2, 0.25) is 0 Å². The normalized spacial score (nSPS) is 10.2. The van der Waals surface area contributed by atoms with Crippen molar-refractivity contribution < 1.29 is 18.7 Å². The minimum Gasteiger partial charge on any atom is -0.452 e. The van der Waals surface area contributed by atoms with Crippen LogP contribution in [0.15, 0.2) is 78.9 Å². The lowest BCUT2D eigenvalue weighted by atomic mass is 10.1. The molecule has 0 aromatic heterocycles.